The number of quaternary nitrogens is 1. The number of benzene rings is 2. The Morgan fingerprint density at radius 3 is 2.42 bits per heavy atom. The van der Waals surface area contributed by atoms with Gasteiger partial charge in [-0.3, -0.25) is 4.79 Å². The van der Waals surface area contributed by atoms with Gasteiger partial charge in [0.2, 0.25) is 0 Å². The molecular weight excluding hydrogens is 300 g/mol. The Hall–Kier alpha value is -2.33. The zero-order valence-corrected chi connectivity index (χ0v) is 14.4. The van der Waals surface area contributed by atoms with Gasteiger partial charge in [-0.15, -0.1) is 0 Å². The Labute approximate surface area is 143 Å². The van der Waals surface area contributed by atoms with Crippen LogP contribution in [-0.4, -0.2) is 44.1 Å². The van der Waals surface area contributed by atoms with Crippen molar-refractivity contribution in [1.82, 2.24) is 4.90 Å². The van der Waals surface area contributed by atoms with Crippen LogP contribution < -0.4 is 9.64 Å². The number of aryl methyl sites for hydroxylation is 1. The van der Waals surface area contributed by atoms with Crippen molar-refractivity contribution in [3.8, 4) is 5.75 Å². The number of hydrogen-bond acceptors (Lipinski definition) is 2. The molecule has 0 aromatic heterocycles. The number of carbonyl (C=O) groups is 1. The molecule has 1 N–H and O–H groups in total. The third-order valence-electron chi connectivity index (χ3n) is 4.67. The molecule has 0 saturated carbocycles. The number of methoxy groups -OCH3 is 1. The van der Waals surface area contributed by atoms with Crippen LogP contribution in [0, 0.1) is 6.92 Å². The van der Waals surface area contributed by atoms with Crippen LogP contribution in [0.4, 0.5) is 0 Å². The van der Waals surface area contributed by atoms with Crippen molar-refractivity contribution >= 4 is 5.91 Å². The fraction of sp³-hybridized carbons (Fsp3) is 0.350. The van der Waals surface area contributed by atoms with Gasteiger partial charge in [0.05, 0.1) is 38.9 Å². The first kappa shape index (κ1) is 16.5. The van der Waals surface area contributed by atoms with E-state index >= 15 is 0 Å². The molecule has 0 unspecified atom stereocenters. The summed E-state index contributed by atoms with van der Waals surface area (Å²) in [6.45, 7) is 6.68. The minimum atomic E-state index is 0.0711. The van der Waals surface area contributed by atoms with Crippen molar-refractivity contribution in [2.45, 2.75) is 13.5 Å². The zero-order chi connectivity index (χ0) is 16.9. The lowest BCUT2D eigenvalue weighted by atomic mass is 10.1. The van der Waals surface area contributed by atoms with Crippen LogP contribution in [0.2, 0.25) is 0 Å². The number of rotatable bonds is 4. The van der Waals surface area contributed by atoms with Gasteiger partial charge in [-0.2, -0.15) is 0 Å². The van der Waals surface area contributed by atoms with E-state index in [2.05, 4.69) is 31.2 Å². The molecule has 0 aliphatic carbocycles. The molecule has 1 saturated heterocycles. The lowest BCUT2D eigenvalue weighted by Crippen LogP contribution is -3.13. The predicted molar refractivity (Wildman–Crippen MR) is 94.5 cm³/mol. The first-order valence-electron chi connectivity index (χ1n) is 8.49. The number of nitrogens with zero attached hydrogens (tertiary/aromatic N) is 1. The molecule has 2 aromatic carbocycles. The van der Waals surface area contributed by atoms with E-state index in [4.69, 9.17) is 4.74 Å². The number of amides is 1. The Morgan fingerprint density at radius 2 is 1.75 bits per heavy atom. The highest BCUT2D eigenvalue weighted by molar-refractivity contribution is 5.97. The van der Waals surface area contributed by atoms with Crippen LogP contribution >= 0.6 is 0 Å². The van der Waals surface area contributed by atoms with Crippen LogP contribution in [0.25, 0.3) is 0 Å². The highest BCUT2D eigenvalue weighted by Crippen LogP contribution is 2.19. The van der Waals surface area contributed by atoms with Gasteiger partial charge in [0.25, 0.3) is 5.91 Å². The van der Waals surface area contributed by atoms with Gasteiger partial charge >= 0.3 is 0 Å². The lowest BCUT2D eigenvalue weighted by Gasteiger charge is -2.32. The molecule has 4 nitrogen and oxygen atoms in total. The molecule has 1 amide bonds. The number of hydrogen-bond donors (Lipinski definition) is 1. The van der Waals surface area contributed by atoms with Crippen LogP contribution in [0.5, 0.6) is 5.75 Å². The smallest absolute Gasteiger partial charge is 0.258 e. The minimum Gasteiger partial charge on any atom is -0.496 e. The Kier molecular flexibility index (Phi) is 5.16. The SMILES string of the molecule is COc1ccccc1C(=O)N1CC[NH+](Cc2ccc(C)cc2)CC1. The summed E-state index contributed by atoms with van der Waals surface area (Å²) < 4.78 is 5.31. The third-order valence-corrected chi connectivity index (χ3v) is 4.67. The number of carbonyl (C=O) groups excluding carboxylic acids is 1. The number of piperazine rings is 1. The molecule has 2 aromatic rings. The molecular formula is C20H25N2O2+. The summed E-state index contributed by atoms with van der Waals surface area (Å²) in [4.78, 5) is 16.2. The van der Waals surface area contributed by atoms with Crippen molar-refractivity contribution in [3.05, 3.63) is 65.2 Å². The van der Waals surface area contributed by atoms with Gasteiger partial charge in [0, 0.05) is 5.56 Å². The lowest BCUT2D eigenvalue weighted by molar-refractivity contribution is -0.917. The Morgan fingerprint density at radius 1 is 1.08 bits per heavy atom. The highest BCUT2D eigenvalue weighted by atomic mass is 16.5. The van der Waals surface area contributed by atoms with Crippen LogP contribution in [-0.2, 0) is 6.54 Å². The second kappa shape index (κ2) is 7.49. The van der Waals surface area contributed by atoms with Gasteiger partial charge < -0.3 is 14.5 Å². The number of ether oxygens (including phenoxy) is 1. The van der Waals surface area contributed by atoms with Gasteiger partial charge in [-0.05, 0) is 19.1 Å². The van der Waals surface area contributed by atoms with E-state index in [1.54, 1.807) is 7.11 Å². The second-order valence-corrected chi connectivity index (χ2v) is 6.40. The minimum absolute atomic E-state index is 0.0711. The van der Waals surface area contributed by atoms with Crippen molar-refractivity contribution in [3.63, 3.8) is 0 Å². The van der Waals surface area contributed by atoms with E-state index < -0.39 is 0 Å². The molecule has 126 valence electrons. The van der Waals surface area contributed by atoms with E-state index in [0.717, 1.165) is 32.7 Å². The van der Waals surface area contributed by atoms with E-state index in [0.29, 0.717) is 11.3 Å². The summed E-state index contributed by atoms with van der Waals surface area (Å²) in [5, 5.41) is 0. The maximum absolute atomic E-state index is 12.7. The molecule has 0 spiro atoms. The van der Waals surface area contributed by atoms with Crippen LogP contribution in [0.1, 0.15) is 21.5 Å². The fourth-order valence-electron chi connectivity index (χ4n) is 3.19. The normalized spacial score (nSPS) is 15.3. The van der Waals surface area contributed by atoms with Crippen molar-refractivity contribution in [2.24, 2.45) is 0 Å². The quantitative estimate of drug-likeness (QED) is 0.925. The van der Waals surface area contributed by atoms with Gasteiger partial charge in [0.1, 0.15) is 12.3 Å². The molecule has 24 heavy (non-hydrogen) atoms. The molecule has 3 rings (SSSR count). The first-order chi connectivity index (χ1) is 11.7. The summed E-state index contributed by atoms with van der Waals surface area (Å²) in [5.41, 5.74) is 3.31. The molecule has 4 heteroatoms. The van der Waals surface area contributed by atoms with E-state index in [1.807, 2.05) is 29.2 Å². The third kappa shape index (κ3) is 3.77. The van der Waals surface area contributed by atoms with Crippen LogP contribution in [0.3, 0.4) is 0 Å². The van der Waals surface area contributed by atoms with Gasteiger partial charge in [-0.25, -0.2) is 0 Å². The Balaban J connectivity index is 1.58. The molecule has 0 radical (unpaired) electrons. The zero-order valence-electron chi connectivity index (χ0n) is 14.4. The first-order valence-corrected chi connectivity index (χ1v) is 8.49. The maximum atomic E-state index is 12.7. The summed E-state index contributed by atoms with van der Waals surface area (Å²) in [5.74, 6) is 0.721. The largest absolute Gasteiger partial charge is 0.496 e. The van der Waals surface area contributed by atoms with E-state index in [1.165, 1.54) is 16.0 Å². The van der Waals surface area contributed by atoms with Crippen molar-refractivity contribution in [1.29, 1.82) is 0 Å². The van der Waals surface area contributed by atoms with Crippen molar-refractivity contribution < 1.29 is 14.4 Å². The van der Waals surface area contributed by atoms with Gasteiger partial charge in [0.15, 0.2) is 0 Å². The highest BCUT2D eigenvalue weighted by Gasteiger charge is 2.26. The predicted octanol–water partition coefficient (Wildman–Crippen LogP) is 1.54. The standard InChI is InChI=1S/C20H24N2O2/c1-16-7-9-17(10-8-16)15-21-11-13-22(14-12-21)20(23)18-5-3-4-6-19(18)24-2/h3-10H,11-15H2,1-2H3/p+1. The molecule has 1 aliphatic rings. The number of para-hydroxylation sites is 1. The monoisotopic (exact) mass is 325 g/mol. The molecule has 0 bridgehead atoms. The molecule has 1 heterocycles. The summed E-state index contributed by atoms with van der Waals surface area (Å²) >= 11 is 0. The molecule has 1 fully saturated rings. The second-order valence-electron chi connectivity index (χ2n) is 6.40. The fourth-order valence-corrected chi connectivity index (χ4v) is 3.19. The maximum Gasteiger partial charge on any atom is 0.258 e. The van der Waals surface area contributed by atoms with E-state index in [9.17, 15) is 4.79 Å². The van der Waals surface area contributed by atoms with Crippen LogP contribution in [0.15, 0.2) is 48.5 Å². The van der Waals surface area contributed by atoms with E-state index in [-0.39, 0.29) is 5.91 Å². The topological polar surface area (TPSA) is 34.0 Å². The summed E-state index contributed by atoms with van der Waals surface area (Å²) in [6.07, 6.45) is 0. The molecule has 1 aliphatic heterocycles. The summed E-state index contributed by atoms with van der Waals surface area (Å²) in [6, 6.07) is 16.2. The average molecular weight is 325 g/mol. The Bertz CT molecular complexity index is 689. The summed E-state index contributed by atoms with van der Waals surface area (Å²) in [7, 11) is 1.61. The molecule has 0 atom stereocenters. The van der Waals surface area contributed by atoms with Crippen molar-refractivity contribution in [2.75, 3.05) is 33.3 Å². The number of nitrogens with one attached hydrogen (secondary N) is 1. The average Bonchev–Trinajstić information content (AvgIpc) is 2.63. The van der Waals surface area contributed by atoms with Gasteiger partial charge in [-0.1, -0.05) is 42.0 Å².